The van der Waals surface area contributed by atoms with Crippen molar-refractivity contribution in [1.29, 1.82) is 0 Å². The second-order valence-corrected chi connectivity index (χ2v) is 9.09. The molecule has 0 bridgehead atoms. The number of rotatable bonds is 7. The Labute approximate surface area is 215 Å². The van der Waals surface area contributed by atoms with Crippen LogP contribution in [0.3, 0.4) is 0 Å². The summed E-state index contributed by atoms with van der Waals surface area (Å²) in [6, 6.07) is 7.82. The van der Waals surface area contributed by atoms with Crippen molar-refractivity contribution < 1.29 is 14.3 Å². The Bertz CT molecular complexity index is 994. The summed E-state index contributed by atoms with van der Waals surface area (Å²) in [6.45, 7) is 9.28. The van der Waals surface area contributed by atoms with E-state index in [1.807, 2.05) is 6.92 Å². The molecule has 2 aromatic rings. The van der Waals surface area contributed by atoms with Crippen LogP contribution in [0.25, 0.3) is 11.1 Å². The van der Waals surface area contributed by atoms with Crippen LogP contribution < -0.4 is 5.73 Å². The first-order valence-corrected chi connectivity index (χ1v) is 11.4. The van der Waals surface area contributed by atoms with Crippen molar-refractivity contribution in [2.45, 2.75) is 66.0 Å². The number of hydrogen-bond acceptors (Lipinski definition) is 5. The van der Waals surface area contributed by atoms with Gasteiger partial charge < -0.3 is 15.4 Å². The Morgan fingerprint density at radius 2 is 1.79 bits per heavy atom. The van der Waals surface area contributed by atoms with Gasteiger partial charge in [0.05, 0.1) is 13.5 Å². The van der Waals surface area contributed by atoms with Crippen molar-refractivity contribution in [2.75, 3.05) is 13.7 Å². The molecule has 0 aliphatic carbocycles. The zero-order chi connectivity index (χ0) is 23.4. The van der Waals surface area contributed by atoms with Crippen LogP contribution in [-0.4, -0.2) is 41.5 Å². The third kappa shape index (κ3) is 6.49. The predicted molar refractivity (Wildman–Crippen MR) is 141 cm³/mol. The van der Waals surface area contributed by atoms with E-state index in [-0.39, 0.29) is 43.1 Å². The molecule has 2 N–H and O–H groups in total. The van der Waals surface area contributed by atoms with E-state index in [1.165, 1.54) is 12.7 Å². The van der Waals surface area contributed by atoms with E-state index in [1.54, 1.807) is 4.90 Å². The number of benzene rings is 1. The van der Waals surface area contributed by atoms with E-state index in [0.717, 1.165) is 46.5 Å². The van der Waals surface area contributed by atoms with Crippen LogP contribution >= 0.6 is 24.8 Å². The summed E-state index contributed by atoms with van der Waals surface area (Å²) >= 11 is 0. The normalized spacial score (nSPS) is 15.0. The summed E-state index contributed by atoms with van der Waals surface area (Å²) in [5.41, 5.74) is 13.2. The van der Waals surface area contributed by atoms with E-state index in [2.05, 4.69) is 45.0 Å². The van der Waals surface area contributed by atoms with Crippen molar-refractivity contribution in [3.63, 3.8) is 0 Å². The van der Waals surface area contributed by atoms with Gasteiger partial charge in [0.25, 0.3) is 0 Å². The smallest absolute Gasteiger partial charge is 0.328 e. The first-order chi connectivity index (χ1) is 15.3. The van der Waals surface area contributed by atoms with Crippen molar-refractivity contribution in [2.24, 2.45) is 11.7 Å². The molecule has 0 radical (unpaired) electrons. The minimum Gasteiger partial charge on any atom is -0.467 e. The molecule has 6 nitrogen and oxygen atoms in total. The molecule has 0 saturated carbocycles. The Morgan fingerprint density at radius 3 is 2.35 bits per heavy atom. The van der Waals surface area contributed by atoms with Gasteiger partial charge in [0, 0.05) is 24.5 Å². The molecule has 1 aliphatic heterocycles. The highest BCUT2D eigenvalue weighted by atomic mass is 35.5. The van der Waals surface area contributed by atoms with Gasteiger partial charge in [-0.3, -0.25) is 9.78 Å². The van der Waals surface area contributed by atoms with Gasteiger partial charge in [-0.1, -0.05) is 43.7 Å². The lowest BCUT2D eigenvalue weighted by Gasteiger charge is -2.25. The number of nitrogens with two attached hydrogens (primary N) is 1. The second kappa shape index (κ2) is 13.1. The molecule has 1 amide bonds. The van der Waals surface area contributed by atoms with Gasteiger partial charge in [-0.05, 0) is 61.3 Å². The lowest BCUT2D eigenvalue weighted by molar-refractivity contribution is -0.150. The van der Waals surface area contributed by atoms with Gasteiger partial charge in [-0.25, -0.2) is 4.79 Å². The van der Waals surface area contributed by atoms with E-state index < -0.39 is 6.04 Å². The quantitative estimate of drug-likeness (QED) is 0.552. The SMILES string of the molecule is COC(=O)[C@H]1CCCN1C(=O)Cc1c(C)nc(CC(C)C)c(CN)c1-c1ccc(C)cc1.Cl.Cl. The molecular formula is C26H37Cl2N3O3. The molecular weight excluding hydrogens is 473 g/mol. The number of pyridine rings is 1. The number of likely N-dealkylation sites (tertiary alicyclic amines) is 1. The molecule has 0 spiro atoms. The minimum atomic E-state index is -0.502. The van der Waals surface area contributed by atoms with E-state index >= 15 is 0 Å². The van der Waals surface area contributed by atoms with Crippen LogP contribution in [0.15, 0.2) is 24.3 Å². The number of esters is 1. The van der Waals surface area contributed by atoms with Crippen molar-refractivity contribution in [3.8, 4) is 11.1 Å². The average molecular weight is 511 g/mol. The molecule has 1 atom stereocenters. The number of ether oxygens (including phenoxy) is 1. The topological polar surface area (TPSA) is 85.5 Å². The summed E-state index contributed by atoms with van der Waals surface area (Å²) in [5, 5.41) is 0. The number of aryl methyl sites for hydroxylation is 2. The fraction of sp³-hybridized carbons (Fsp3) is 0.500. The molecule has 1 aromatic carbocycles. The number of methoxy groups -OCH3 is 1. The van der Waals surface area contributed by atoms with E-state index in [0.29, 0.717) is 25.4 Å². The first kappa shape index (κ1) is 29.9. The summed E-state index contributed by atoms with van der Waals surface area (Å²) in [5.74, 6) is 0.0195. The Balaban J connectivity index is 0.00000289. The molecule has 0 unspecified atom stereocenters. The predicted octanol–water partition coefficient (Wildman–Crippen LogP) is 4.57. The molecule has 1 aromatic heterocycles. The van der Waals surface area contributed by atoms with E-state index in [4.69, 9.17) is 15.5 Å². The number of carbonyl (C=O) groups excluding carboxylic acids is 2. The summed E-state index contributed by atoms with van der Waals surface area (Å²) < 4.78 is 4.92. The van der Waals surface area contributed by atoms with Crippen LogP contribution in [0, 0.1) is 19.8 Å². The lowest BCUT2D eigenvalue weighted by atomic mass is 9.88. The van der Waals surface area contributed by atoms with Gasteiger partial charge in [0.2, 0.25) is 5.91 Å². The van der Waals surface area contributed by atoms with Crippen molar-refractivity contribution in [3.05, 3.63) is 52.3 Å². The maximum Gasteiger partial charge on any atom is 0.328 e. The van der Waals surface area contributed by atoms with Crippen molar-refractivity contribution in [1.82, 2.24) is 9.88 Å². The number of amides is 1. The van der Waals surface area contributed by atoms with Crippen LogP contribution in [0.1, 0.15) is 54.8 Å². The number of hydrogen-bond donors (Lipinski definition) is 1. The lowest BCUT2D eigenvalue weighted by Crippen LogP contribution is -2.42. The Kier molecular flexibility index (Phi) is 11.5. The average Bonchev–Trinajstić information content (AvgIpc) is 3.25. The van der Waals surface area contributed by atoms with Crippen LogP contribution in [0.4, 0.5) is 0 Å². The third-order valence-corrected chi connectivity index (χ3v) is 6.21. The largest absolute Gasteiger partial charge is 0.467 e. The van der Waals surface area contributed by atoms with Gasteiger partial charge in [0.1, 0.15) is 6.04 Å². The molecule has 2 heterocycles. The number of carbonyl (C=O) groups is 2. The number of halogens is 2. The van der Waals surface area contributed by atoms with Gasteiger partial charge in [0.15, 0.2) is 0 Å². The fourth-order valence-electron chi connectivity index (χ4n) is 4.60. The molecule has 8 heteroatoms. The molecule has 188 valence electrons. The maximum absolute atomic E-state index is 13.4. The molecule has 34 heavy (non-hydrogen) atoms. The van der Waals surface area contributed by atoms with Gasteiger partial charge in [-0.15, -0.1) is 24.8 Å². The molecule has 1 fully saturated rings. The highest BCUT2D eigenvalue weighted by Gasteiger charge is 2.35. The highest BCUT2D eigenvalue weighted by Crippen LogP contribution is 2.33. The van der Waals surface area contributed by atoms with Crippen molar-refractivity contribution >= 4 is 36.7 Å². The van der Waals surface area contributed by atoms with Crippen LogP contribution in [0.2, 0.25) is 0 Å². The number of aromatic nitrogens is 1. The van der Waals surface area contributed by atoms with Gasteiger partial charge in [-0.2, -0.15) is 0 Å². The number of nitrogens with zero attached hydrogens (tertiary/aromatic N) is 2. The zero-order valence-corrected chi connectivity index (χ0v) is 22.4. The summed E-state index contributed by atoms with van der Waals surface area (Å²) in [4.78, 5) is 32.1. The molecule has 1 saturated heterocycles. The first-order valence-electron chi connectivity index (χ1n) is 11.4. The Morgan fingerprint density at radius 1 is 1.15 bits per heavy atom. The highest BCUT2D eigenvalue weighted by molar-refractivity contribution is 5.88. The molecule has 3 rings (SSSR count). The summed E-state index contributed by atoms with van der Waals surface area (Å²) in [6.07, 6.45) is 2.46. The minimum absolute atomic E-state index is 0. The second-order valence-electron chi connectivity index (χ2n) is 9.09. The monoisotopic (exact) mass is 509 g/mol. The van der Waals surface area contributed by atoms with Crippen LogP contribution in [-0.2, 0) is 33.7 Å². The zero-order valence-electron chi connectivity index (χ0n) is 20.7. The standard InChI is InChI=1S/C26H35N3O3.2ClH/c1-16(2)13-22-21(15-27)25(19-10-8-17(3)9-11-19)20(18(4)28-22)14-24(30)29-12-6-7-23(29)26(31)32-5;;/h8-11,16,23H,6-7,12-15,27H2,1-5H3;2*1H/t23-;;/m1../s1. The van der Waals surface area contributed by atoms with Gasteiger partial charge >= 0.3 is 5.97 Å². The Hall–Kier alpha value is -2.15. The van der Waals surface area contributed by atoms with E-state index in [9.17, 15) is 9.59 Å². The summed E-state index contributed by atoms with van der Waals surface area (Å²) in [7, 11) is 1.37. The third-order valence-electron chi connectivity index (χ3n) is 6.21. The van der Waals surface area contributed by atoms with Crippen LogP contribution in [0.5, 0.6) is 0 Å². The maximum atomic E-state index is 13.4. The fourth-order valence-corrected chi connectivity index (χ4v) is 4.60. The molecule has 1 aliphatic rings.